The molecule has 0 spiro atoms. The van der Waals surface area contributed by atoms with E-state index in [0.717, 1.165) is 12.1 Å². The monoisotopic (exact) mass is 413 g/mol. The first-order valence-electron chi connectivity index (χ1n) is 6.33. The Balaban J connectivity index is 2.55. The molecule has 0 bridgehead atoms. The van der Waals surface area contributed by atoms with Crippen molar-refractivity contribution >= 4 is 44.9 Å². The SMILES string of the molecule is O=C(O)c1ccc(C(F)(F)F)cc1NS(=O)(=O)c1cc(Cl)cc(Cl)c1. The van der Waals surface area contributed by atoms with E-state index in [-0.39, 0.29) is 10.0 Å². The van der Waals surface area contributed by atoms with Crippen molar-refractivity contribution in [2.45, 2.75) is 11.1 Å². The second kappa shape index (κ2) is 6.74. The van der Waals surface area contributed by atoms with Crippen molar-refractivity contribution in [1.29, 1.82) is 0 Å². The predicted octanol–water partition coefficient (Wildman–Crippen LogP) is 4.51. The lowest BCUT2D eigenvalue weighted by atomic mass is 10.1. The van der Waals surface area contributed by atoms with Crippen LogP contribution in [0.15, 0.2) is 41.3 Å². The van der Waals surface area contributed by atoms with E-state index in [1.807, 2.05) is 4.72 Å². The number of carboxylic acids is 1. The van der Waals surface area contributed by atoms with Crippen LogP contribution in [0.1, 0.15) is 15.9 Å². The van der Waals surface area contributed by atoms with Crippen LogP contribution in [0.5, 0.6) is 0 Å². The van der Waals surface area contributed by atoms with Gasteiger partial charge in [-0.3, -0.25) is 4.72 Å². The average Bonchev–Trinajstić information content (AvgIpc) is 2.44. The molecule has 0 unspecified atom stereocenters. The van der Waals surface area contributed by atoms with Crippen LogP contribution in [0, 0.1) is 0 Å². The standard InChI is InChI=1S/C14H8Cl2F3NO4S/c15-8-4-9(16)6-10(5-8)25(23,24)20-12-3-7(14(17,18)19)1-2-11(12)13(21)22/h1-6,20H,(H,21,22). The summed E-state index contributed by atoms with van der Waals surface area (Å²) in [6, 6.07) is 4.89. The number of sulfonamides is 1. The number of alkyl halides is 3. The van der Waals surface area contributed by atoms with E-state index in [0.29, 0.717) is 18.2 Å². The van der Waals surface area contributed by atoms with Crippen molar-refractivity contribution in [2.75, 3.05) is 4.72 Å². The van der Waals surface area contributed by atoms with Gasteiger partial charge in [-0.2, -0.15) is 13.2 Å². The molecule has 2 aromatic carbocycles. The number of rotatable bonds is 4. The van der Waals surface area contributed by atoms with Gasteiger partial charge in [0.2, 0.25) is 0 Å². The zero-order valence-corrected chi connectivity index (χ0v) is 14.3. The van der Waals surface area contributed by atoms with E-state index >= 15 is 0 Å². The summed E-state index contributed by atoms with van der Waals surface area (Å²) in [5, 5.41) is 9.02. The van der Waals surface area contributed by atoms with Gasteiger partial charge in [-0.1, -0.05) is 23.2 Å². The largest absolute Gasteiger partial charge is 0.478 e. The highest BCUT2D eigenvalue weighted by Crippen LogP contribution is 2.33. The van der Waals surface area contributed by atoms with Crippen LogP contribution in [0.25, 0.3) is 0 Å². The number of nitrogens with one attached hydrogen (secondary N) is 1. The predicted molar refractivity (Wildman–Crippen MR) is 85.7 cm³/mol. The number of carboxylic acid groups (broad SMARTS) is 1. The quantitative estimate of drug-likeness (QED) is 0.771. The van der Waals surface area contributed by atoms with Gasteiger partial charge in [-0.15, -0.1) is 0 Å². The third kappa shape index (κ3) is 4.56. The van der Waals surface area contributed by atoms with Gasteiger partial charge in [0.15, 0.2) is 0 Å². The molecule has 0 aromatic heterocycles. The maximum atomic E-state index is 12.8. The molecule has 0 aliphatic carbocycles. The molecular weight excluding hydrogens is 406 g/mol. The van der Waals surface area contributed by atoms with Gasteiger partial charge < -0.3 is 5.11 Å². The lowest BCUT2D eigenvalue weighted by Gasteiger charge is -2.14. The summed E-state index contributed by atoms with van der Waals surface area (Å²) in [4.78, 5) is 10.7. The summed E-state index contributed by atoms with van der Waals surface area (Å²) >= 11 is 11.4. The van der Waals surface area contributed by atoms with Crippen LogP contribution >= 0.6 is 23.2 Å². The van der Waals surface area contributed by atoms with Gasteiger partial charge in [-0.05, 0) is 36.4 Å². The molecule has 2 rings (SSSR count). The number of benzene rings is 2. The molecule has 0 atom stereocenters. The lowest BCUT2D eigenvalue weighted by Crippen LogP contribution is -2.17. The van der Waals surface area contributed by atoms with Crippen LogP contribution in [0.2, 0.25) is 10.0 Å². The molecule has 0 heterocycles. The van der Waals surface area contributed by atoms with Crippen molar-refractivity contribution in [3.63, 3.8) is 0 Å². The van der Waals surface area contributed by atoms with E-state index in [2.05, 4.69) is 0 Å². The molecule has 0 radical (unpaired) electrons. The Kier molecular flexibility index (Phi) is 5.22. The third-order valence-corrected chi connectivity index (χ3v) is 4.75. The minimum Gasteiger partial charge on any atom is -0.478 e. The number of hydrogen-bond donors (Lipinski definition) is 2. The molecular formula is C14H8Cl2F3NO4S. The fraction of sp³-hybridized carbons (Fsp3) is 0.0714. The summed E-state index contributed by atoms with van der Waals surface area (Å²) in [6.45, 7) is 0. The second-order valence-electron chi connectivity index (χ2n) is 4.77. The molecule has 0 saturated carbocycles. The molecule has 0 saturated heterocycles. The van der Waals surface area contributed by atoms with Crippen LogP contribution in [-0.4, -0.2) is 19.5 Å². The molecule has 0 fully saturated rings. The number of carbonyl (C=O) groups is 1. The highest BCUT2D eigenvalue weighted by Gasteiger charge is 2.32. The van der Waals surface area contributed by atoms with Gasteiger partial charge >= 0.3 is 12.1 Å². The normalized spacial score (nSPS) is 12.0. The van der Waals surface area contributed by atoms with Crippen LogP contribution in [0.3, 0.4) is 0 Å². The molecule has 25 heavy (non-hydrogen) atoms. The minimum absolute atomic E-state index is 0.0182. The Morgan fingerprint density at radius 3 is 2.08 bits per heavy atom. The van der Waals surface area contributed by atoms with Crippen molar-refractivity contribution in [3.8, 4) is 0 Å². The van der Waals surface area contributed by atoms with Gasteiger partial charge in [-0.25, -0.2) is 13.2 Å². The van der Waals surface area contributed by atoms with Crippen molar-refractivity contribution in [2.24, 2.45) is 0 Å². The Morgan fingerprint density at radius 2 is 1.60 bits per heavy atom. The molecule has 5 nitrogen and oxygen atoms in total. The highest BCUT2D eigenvalue weighted by molar-refractivity contribution is 7.92. The Labute approximate surface area is 150 Å². The first-order valence-corrected chi connectivity index (χ1v) is 8.57. The first kappa shape index (κ1) is 19.4. The lowest BCUT2D eigenvalue weighted by molar-refractivity contribution is -0.137. The molecule has 134 valence electrons. The summed E-state index contributed by atoms with van der Waals surface area (Å²) in [5.41, 5.74) is -2.59. The van der Waals surface area contributed by atoms with Crippen LogP contribution < -0.4 is 4.72 Å². The smallest absolute Gasteiger partial charge is 0.416 e. The first-order chi connectivity index (χ1) is 11.4. The summed E-state index contributed by atoms with van der Waals surface area (Å²) in [7, 11) is -4.43. The topological polar surface area (TPSA) is 83.5 Å². The number of anilines is 1. The van der Waals surface area contributed by atoms with Crippen molar-refractivity contribution in [1.82, 2.24) is 0 Å². The molecule has 0 aliphatic heterocycles. The van der Waals surface area contributed by atoms with E-state index in [1.165, 1.54) is 6.07 Å². The van der Waals surface area contributed by atoms with Crippen molar-refractivity contribution < 1.29 is 31.5 Å². The maximum Gasteiger partial charge on any atom is 0.416 e. The molecule has 11 heteroatoms. The van der Waals surface area contributed by atoms with Gasteiger partial charge in [0, 0.05) is 10.0 Å². The van der Waals surface area contributed by atoms with E-state index < -0.39 is 43.9 Å². The zero-order chi connectivity index (χ0) is 19.0. The maximum absolute atomic E-state index is 12.8. The summed E-state index contributed by atoms with van der Waals surface area (Å²) < 4.78 is 64.9. The van der Waals surface area contributed by atoms with E-state index in [1.54, 1.807) is 0 Å². The number of halogens is 5. The number of hydrogen-bond acceptors (Lipinski definition) is 3. The van der Waals surface area contributed by atoms with Gasteiger partial charge in [0.1, 0.15) is 0 Å². The Morgan fingerprint density at radius 1 is 1.04 bits per heavy atom. The van der Waals surface area contributed by atoms with Crippen LogP contribution in [-0.2, 0) is 16.2 Å². The molecule has 0 amide bonds. The second-order valence-corrected chi connectivity index (χ2v) is 7.33. The Bertz CT molecular complexity index is 925. The average molecular weight is 414 g/mol. The molecule has 2 N–H and O–H groups in total. The van der Waals surface area contributed by atoms with Gasteiger partial charge in [0.05, 0.1) is 21.7 Å². The Hall–Kier alpha value is -1.97. The highest BCUT2D eigenvalue weighted by atomic mass is 35.5. The fourth-order valence-corrected chi connectivity index (χ4v) is 3.67. The summed E-state index contributed by atoms with van der Waals surface area (Å²) in [5.74, 6) is -1.60. The summed E-state index contributed by atoms with van der Waals surface area (Å²) in [6.07, 6.45) is -4.78. The van der Waals surface area contributed by atoms with Crippen LogP contribution in [0.4, 0.5) is 18.9 Å². The van der Waals surface area contributed by atoms with Crippen molar-refractivity contribution in [3.05, 3.63) is 57.6 Å². The third-order valence-electron chi connectivity index (χ3n) is 2.97. The zero-order valence-electron chi connectivity index (χ0n) is 11.9. The number of aromatic carboxylic acids is 1. The molecule has 0 aliphatic rings. The minimum atomic E-state index is -4.78. The van der Waals surface area contributed by atoms with E-state index in [9.17, 15) is 26.4 Å². The van der Waals surface area contributed by atoms with Gasteiger partial charge in [0.25, 0.3) is 10.0 Å². The van der Waals surface area contributed by atoms with E-state index in [4.69, 9.17) is 28.3 Å². The fourth-order valence-electron chi connectivity index (χ4n) is 1.88. The molecule has 2 aromatic rings.